The van der Waals surface area contributed by atoms with Gasteiger partial charge in [-0.3, -0.25) is 0 Å². The summed E-state index contributed by atoms with van der Waals surface area (Å²) >= 11 is 1.66. The maximum Gasteiger partial charge on any atom is 0.0651 e. The van der Waals surface area contributed by atoms with Gasteiger partial charge in [0.1, 0.15) is 0 Å². The Labute approximate surface area is 94.3 Å². The predicted octanol–water partition coefficient (Wildman–Crippen LogP) is 4.34. The Hall–Kier alpha value is -0.890. The summed E-state index contributed by atoms with van der Waals surface area (Å²) in [4.78, 5) is 0. The van der Waals surface area contributed by atoms with Crippen molar-refractivity contribution in [2.75, 3.05) is 0 Å². The molecule has 1 aromatic carbocycles. The molecule has 1 fully saturated rings. The van der Waals surface area contributed by atoms with Crippen LogP contribution >= 0.6 is 11.5 Å². The van der Waals surface area contributed by atoms with Crippen molar-refractivity contribution >= 4 is 21.6 Å². The summed E-state index contributed by atoms with van der Waals surface area (Å²) in [6.45, 7) is 0. The molecule has 2 aromatic rings. The van der Waals surface area contributed by atoms with Crippen LogP contribution in [0.4, 0.5) is 0 Å². The third-order valence-corrected chi connectivity index (χ3v) is 4.24. The second-order valence-electron chi connectivity index (χ2n) is 4.40. The molecule has 1 saturated carbocycles. The van der Waals surface area contributed by atoms with Gasteiger partial charge in [0.05, 0.1) is 10.4 Å². The molecule has 2 heteroatoms. The Morgan fingerprint density at radius 3 is 2.73 bits per heavy atom. The number of rotatable bonds is 1. The molecule has 78 valence electrons. The fourth-order valence-corrected chi connectivity index (χ4v) is 3.43. The molecule has 1 aliphatic rings. The maximum absolute atomic E-state index is 4.66. The molecule has 0 saturated heterocycles. The third kappa shape index (κ3) is 1.67. The smallest absolute Gasteiger partial charge is 0.0651 e. The first kappa shape index (κ1) is 9.34. The van der Waals surface area contributed by atoms with Gasteiger partial charge in [0.25, 0.3) is 0 Å². The summed E-state index contributed by atoms with van der Waals surface area (Å²) in [6, 6.07) is 8.64. The molecule has 0 radical (unpaired) electrons. The van der Waals surface area contributed by atoms with Gasteiger partial charge < -0.3 is 0 Å². The second kappa shape index (κ2) is 3.93. The van der Waals surface area contributed by atoms with Crippen molar-refractivity contribution in [1.29, 1.82) is 0 Å². The van der Waals surface area contributed by atoms with E-state index in [0.29, 0.717) is 0 Å². The second-order valence-corrected chi connectivity index (χ2v) is 5.20. The molecule has 0 N–H and O–H groups in total. The van der Waals surface area contributed by atoms with Gasteiger partial charge in [0.15, 0.2) is 0 Å². The van der Waals surface area contributed by atoms with Crippen molar-refractivity contribution in [3.05, 3.63) is 30.0 Å². The Morgan fingerprint density at radius 1 is 1.07 bits per heavy atom. The van der Waals surface area contributed by atoms with Crippen LogP contribution in [0.3, 0.4) is 0 Å². The van der Waals surface area contributed by atoms with E-state index in [9.17, 15) is 0 Å². The zero-order valence-electron chi connectivity index (χ0n) is 8.78. The van der Waals surface area contributed by atoms with Gasteiger partial charge in [0.2, 0.25) is 0 Å². The normalized spacial score (nSPS) is 18.4. The van der Waals surface area contributed by atoms with E-state index in [1.807, 2.05) is 0 Å². The Balaban J connectivity index is 2.02. The van der Waals surface area contributed by atoms with Gasteiger partial charge in [-0.15, -0.1) is 0 Å². The summed E-state index contributed by atoms with van der Waals surface area (Å²) in [6.07, 6.45) is 6.87. The number of nitrogens with zero attached hydrogens (tertiary/aromatic N) is 1. The predicted molar refractivity (Wildman–Crippen MR) is 65.4 cm³/mol. The monoisotopic (exact) mass is 217 g/mol. The van der Waals surface area contributed by atoms with E-state index < -0.39 is 0 Å². The van der Waals surface area contributed by atoms with E-state index in [4.69, 9.17) is 0 Å². The molecule has 0 unspecified atom stereocenters. The van der Waals surface area contributed by atoms with Crippen molar-refractivity contribution in [1.82, 2.24) is 4.37 Å². The lowest BCUT2D eigenvalue weighted by molar-refractivity contribution is 0.441. The van der Waals surface area contributed by atoms with E-state index in [0.717, 1.165) is 5.92 Å². The summed E-state index contributed by atoms with van der Waals surface area (Å²) in [7, 11) is 0. The molecule has 0 atom stereocenters. The maximum atomic E-state index is 4.66. The van der Waals surface area contributed by atoms with E-state index >= 15 is 0 Å². The van der Waals surface area contributed by atoms with Crippen LogP contribution in [0.2, 0.25) is 0 Å². The zero-order valence-corrected chi connectivity index (χ0v) is 9.59. The van der Waals surface area contributed by atoms with Crippen molar-refractivity contribution in [2.45, 2.75) is 38.0 Å². The zero-order chi connectivity index (χ0) is 10.1. The van der Waals surface area contributed by atoms with Crippen molar-refractivity contribution < 1.29 is 0 Å². The molecule has 0 bridgehead atoms. The largest absolute Gasteiger partial charge is 0.196 e. The molecule has 0 spiro atoms. The van der Waals surface area contributed by atoms with Crippen molar-refractivity contribution in [3.63, 3.8) is 0 Å². The molecule has 1 heterocycles. The van der Waals surface area contributed by atoms with Gasteiger partial charge in [-0.05, 0) is 30.4 Å². The molecular weight excluding hydrogens is 202 g/mol. The van der Waals surface area contributed by atoms with Crippen molar-refractivity contribution in [3.8, 4) is 0 Å². The highest BCUT2D eigenvalue weighted by atomic mass is 32.1. The number of aromatic nitrogens is 1. The first-order valence-electron chi connectivity index (χ1n) is 5.79. The van der Waals surface area contributed by atoms with Gasteiger partial charge in [-0.25, -0.2) is 0 Å². The molecule has 15 heavy (non-hydrogen) atoms. The van der Waals surface area contributed by atoms with Crippen LogP contribution in [0.5, 0.6) is 0 Å². The van der Waals surface area contributed by atoms with Crippen molar-refractivity contribution in [2.24, 2.45) is 0 Å². The standard InChI is InChI=1S/C13H15NS/c1-2-6-10(7-3-1)13-11-8-4-5-9-12(11)15-14-13/h4-5,8-10H,1-3,6-7H2. The molecular formula is C13H15NS. The highest BCUT2D eigenvalue weighted by molar-refractivity contribution is 7.13. The lowest BCUT2D eigenvalue weighted by atomic mass is 9.86. The van der Waals surface area contributed by atoms with Crippen LogP contribution in [-0.4, -0.2) is 4.37 Å². The summed E-state index contributed by atoms with van der Waals surface area (Å²) in [5.41, 5.74) is 1.37. The topological polar surface area (TPSA) is 12.9 Å². The first-order chi connectivity index (χ1) is 7.45. The van der Waals surface area contributed by atoms with Gasteiger partial charge in [-0.1, -0.05) is 37.5 Å². The minimum Gasteiger partial charge on any atom is -0.196 e. The van der Waals surface area contributed by atoms with E-state index in [1.165, 1.54) is 47.9 Å². The lowest BCUT2D eigenvalue weighted by Crippen LogP contribution is -2.04. The van der Waals surface area contributed by atoms with E-state index in [2.05, 4.69) is 28.6 Å². The van der Waals surface area contributed by atoms with Crippen LogP contribution in [0, 0.1) is 0 Å². The van der Waals surface area contributed by atoms with E-state index in [-0.39, 0.29) is 0 Å². The number of hydrogen-bond acceptors (Lipinski definition) is 2. The average molecular weight is 217 g/mol. The van der Waals surface area contributed by atoms with E-state index in [1.54, 1.807) is 11.5 Å². The summed E-state index contributed by atoms with van der Waals surface area (Å²) < 4.78 is 6.01. The Kier molecular flexibility index (Phi) is 2.45. The number of hydrogen-bond donors (Lipinski definition) is 0. The summed E-state index contributed by atoms with van der Waals surface area (Å²) in [5, 5.41) is 1.40. The lowest BCUT2D eigenvalue weighted by Gasteiger charge is -2.19. The van der Waals surface area contributed by atoms with Gasteiger partial charge in [-0.2, -0.15) is 4.37 Å². The highest BCUT2D eigenvalue weighted by Crippen LogP contribution is 2.36. The minimum atomic E-state index is 0.731. The fraction of sp³-hybridized carbons (Fsp3) is 0.462. The Bertz CT molecular complexity index is 454. The minimum absolute atomic E-state index is 0.731. The third-order valence-electron chi connectivity index (χ3n) is 3.40. The highest BCUT2D eigenvalue weighted by Gasteiger charge is 2.19. The van der Waals surface area contributed by atoms with Gasteiger partial charge in [0, 0.05) is 11.3 Å². The fourth-order valence-electron chi connectivity index (χ4n) is 2.58. The molecule has 1 nitrogen and oxygen atoms in total. The van der Waals surface area contributed by atoms with Crippen LogP contribution < -0.4 is 0 Å². The molecule has 1 aromatic heterocycles. The van der Waals surface area contributed by atoms with Gasteiger partial charge >= 0.3 is 0 Å². The Morgan fingerprint density at radius 2 is 1.87 bits per heavy atom. The SMILES string of the molecule is c1ccc2c(C3CCCCC3)nsc2c1. The molecule has 3 rings (SSSR count). The molecule has 1 aliphatic carbocycles. The first-order valence-corrected chi connectivity index (χ1v) is 6.57. The molecule has 0 aliphatic heterocycles. The molecule has 0 amide bonds. The van der Waals surface area contributed by atoms with Crippen LogP contribution in [0.25, 0.3) is 10.1 Å². The van der Waals surface area contributed by atoms with Crippen LogP contribution in [0.1, 0.15) is 43.7 Å². The number of benzene rings is 1. The number of fused-ring (bicyclic) bond motifs is 1. The quantitative estimate of drug-likeness (QED) is 0.692. The van der Waals surface area contributed by atoms with Crippen LogP contribution in [-0.2, 0) is 0 Å². The summed E-state index contributed by atoms with van der Waals surface area (Å²) in [5.74, 6) is 0.731. The van der Waals surface area contributed by atoms with Crippen LogP contribution in [0.15, 0.2) is 24.3 Å². The average Bonchev–Trinajstić information content (AvgIpc) is 2.74.